The lowest BCUT2D eigenvalue weighted by atomic mass is 9.72. The van der Waals surface area contributed by atoms with Crippen LogP contribution in [0.5, 0.6) is 0 Å². The lowest BCUT2D eigenvalue weighted by Crippen LogP contribution is -2.48. The second kappa shape index (κ2) is 13.3. The van der Waals surface area contributed by atoms with E-state index < -0.39 is 11.7 Å². The smallest absolute Gasteiger partial charge is 0.406 e. The number of halogens is 1. The molecule has 40 heavy (non-hydrogen) atoms. The fraction of sp³-hybridized carbons (Fsp3) is 0.375. The first kappa shape index (κ1) is 29.6. The van der Waals surface area contributed by atoms with Crippen LogP contribution in [-0.2, 0) is 16.9 Å². The van der Waals surface area contributed by atoms with Crippen molar-refractivity contribution in [1.29, 1.82) is 0 Å². The molecule has 0 unspecified atom stereocenters. The fourth-order valence-corrected chi connectivity index (χ4v) is 5.96. The van der Waals surface area contributed by atoms with Gasteiger partial charge in [0.05, 0.1) is 12.7 Å². The molecule has 0 bridgehead atoms. The molecule has 8 heteroatoms. The fourth-order valence-electron chi connectivity index (χ4n) is 5.68. The number of carbonyl (C=O) groups is 2. The van der Waals surface area contributed by atoms with Crippen LogP contribution in [0.1, 0.15) is 52.7 Å². The molecule has 212 valence electrons. The standard InChI is InChI=1S/C32H38ClN3O4/c1-22-7-3-8-25(19-22)29-27(10-4-11-28(29)33)32(39,16-6-17-35-31(38)40-2)26-9-5-18-36(21-26)30(37)24-14-12-23(20-34)13-15-24/h3-4,7-8,10-15,19,26,39H,5-6,9,16-18,20-21,34H2,1-2H3,(H,35,38)/t26-,32+/m1/s1. The lowest BCUT2D eigenvalue weighted by Gasteiger charge is -2.44. The molecule has 0 saturated carbocycles. The molecule has 0 radical (unpaired) electrons. The molecule has 1 fully saturated rings. The summed E-state index contributed by atoms with van der Waals surface area (Å²) >= 11 is 6.81. The normalized spacial score (nSPS) is 16.7. The second-order valence-corrected chi connectivity index (χ2v) is 10.9. The van der Waals surface area contributed by atoms with Crippen molar-refractivity contribution in [3.05, 3.63) is 94.0 Å². The van der Waals surface area contributed by atoms with Crippen LogP contribution in [0.3, 0.4) is 0 Å². The van der Waals surface area contributed by atoms with E-state index in [1.807, 2.05) is 72.5 Å². The summed E-state index contributed by atoms with van der Waals surface area (Å²) in [6, 6.07) is 21.1. The van der Waals surface area contributed by atoms with E-state index in [9.17, 15) is 14.7 Å². The molecule has 7 nitrogen and oxygen atoms in total. The number of aryl methyl sites for hydroxylation is 1. The summed E-state index contributed by atoms with van der Waals surface area (Å²) in [5.41, 5.74) is 9.53. The van der Waals surface area contributed by atoms with Crippen LogP contribution in [0.25, 0.3) is 11.1 Å². The van der Waals surface area contributed by atoms with Crippen molar-refractivity contribution in [3.63, 3.8) is 0 Å². The highest BCUT2D eigenvalue weighted by molar-refractivity contribution is 6.33. The monoisotopic (exact) mass is 563 g/mol. The van der Waals surface area contributed by atoms with E-state index in [0.717, 1.165) is 40.7 Å². The molecule has 0 spiro atoms. The molecule has 3 aromatic carbocycles. The second-order valence-electron chi connectivity index (χ2n) is 10.5. The quantitative estimate of drug-likeness (QED) is 0.292. The first-order valence-corrected chi connectivity index (χ1v) is 14.1. The number of aliphatic hydroxyl groups is 1. The number of amides is 2. The van der Waals surface area contributed by atoms with E-state index in [1.54, 1.807) is 0 Å². The molecule has 1 aliphatic heterocycles. The number of likely N-dealkylation sites (tertiary alicyclic amines) is 1. The largest absolute Gasteiger partial charge is 0.453 e. The Morgan fingerprint density at radius 1 is 1.15 bits per heavy atom. The van der Waals surface area contributed by atoms with Crippen molar-refractivity contribution in [3.8, 4) is 11.1 Å². The van der Waals surface area contributed by atoms with Gasteiger partial charge in [0.25, 0.3) is 5.91 Å². The first-order chi connectivity index (χ1) is 19.3. The van der Waals surface area contributed by atoms with E-state index in [0.29, 0.717) is 49.6 Å². The summed E-state index contributed by atoms with van der Waals surface area (Å²) in [7, 11) is 1.32. The predicted molar refractivity (Wildman–Crippen MR) is 158 cm³/mol. The van der Waals surface area contributed by atoms with Crippen molar-refractivity contribution >= 4 is 23.6 Å². The molecular formula is C32H38ClN3O4. The number of rotatable bonds is 9. The van der Waals surface area contributed by atoms with Crippen LogP contribution in [0, 0.1) is 12.8 Å². The third kappa shape index (κ3) is 6.66. The molecule has 4 N–H and O–H groups in total. The summed E-state index contributed by atoms with van der Waals surface area (Å²) < 4.78 is 4.70. The highest BCUT2D eigenvalue weighted by Crippen LogP contribution is 2.45. The molecule has 2 amide bonds. The van der Waals surface area contributed by atoms with Gasteiger partial charge in [0.15, 0.2) is 0 Å². The number of methoxy groups -OCH3 is 1. The molecule has 1 aliphatic rings. The van der Waals surface area contributed by atoms with Crippen molar-refractivity contribution in [2.45, 2.75) is 44.8 Å². The van der Waals surface area contributed by atoms with Gasteiger partial charge in [-0.05, 0) is 67.5 Å². The van der Waals surface area contributed by atoms with Crippen LogP contribution in [-0.4, -0.2) is 48.8 Å². The SMILES string of the molecule is COC(=O)NCCC[C@@](O)(c1cccc(Cl)c1-c1cccc(C)c1)[C@@H]1CCCN(C(=O)c2ccc(CN)cc2)C1. The Bertz CT molecular complexity index is 1330. The minimum absolute atomic E-state index is 0.0621. The van der Waals surface area contributed by atoms with Crippen molar-refractivity contribution in [2.75, 3.05) is 26.7 Å². The summed E-state index contributed by atoms with van der Waals surface area (Å²) in [4.78, 5) is 27.0. The number of carbonyl (C=O) groups excluding carboxylic acids is 2. The summed E-state index contributed by atoms with van der Waals surface area (Å²) in [5, 5.41) is 15.9. The van der Waals surface area contributed by atoms with Gasteiger partial charge in [0.2, 0.25) is 0 Å². The molecule has 0 aliphatic carbocycles. The Kier molecular flexibility index (Phi) is 9.85. The maximum atomic E-state index is 13.5. The minimum atomic E-state index is -1.30. The van der Waals surface area contributed by atoms with Gasteiger partial charge in [0.1, 0.15) is 0 Å². The summed E-state index contributed by atoms with van der Waals surface area (Å²) in [6.45, 7) is 3.81. The number of benzene rings is 3. The Balaban J connectivity index is 1.69. The molecule has 3 aromatic rings. The van der Waals surface area contributed by atoms with Crippen molar-refractivity contribution in [1.82, 2.24) is 10.2 Å². The first-order valence-electron chi connectivity index (χ1n) is 13.8. The predicted octanol–water partition coefficient (Wildman–Crippen LogP) is 5.65. The number of alkyl carbamates (subject to hydrolysis) is 1. The zero-order valence-corrected chi connectivity index (χ0v) is 23.9. The van der Waals surface area contributed by atoms with Crippen molar-refractivity contribution in [2.24, 2.45) is 11.7 Å². The Hall–Kier alpha value is -3.39. The van der Waals surface area contributed by atoms with Gasteiger partial charge in [-0.2, -0.15) is 0 Å². The number of nitrogens with zero attached hydrogens (tertiary/aromatic N) is 1. The topological polar surface area (TPSA) is 105 Å². The Morgan fingerprint density at radius 2 is 1.90 bits per heavy atom. The number of hydrogen-bond donors (Lipinski definition) is 3. The Morgan fingerprint density at radius 3 is 2.60 bits per heavy atom. The average Bonchev–Trinajstić information content (AvgIpc) is 2.98. The summed E-state index contributed by atoms with van der Waals surface area (Å²) in [5.74, 6) is -0.304. The third-order valence-electron chi connectivity index (χ3n) is 7.80. The van der Waals surface area contributed by atoms with E-state index in [1.165, 1.54) is 7.11 Å². The van der Waals surface area contributed by atoms with Crippen LogP contribution in [0.4, 0.5) is 4.79 Å². The minimum Gasteiger partial charge on any atom is -0.453 e. The number of ether oxygens (including phenoxy) is 1. The Labute approximate surface area is 241 Å². The van der Waals surface area contributed by atoms with Crippen LogP contribution >= 0.6 is 11.6 Å². The number of hydrogen-bond acceptors (Lipinski definition) is 5. The van der Waals surface area contributed by atoms with Crippen molar-refractivity contribution < 1.29 is 19.4 Å². The highest BCUT2D eigenvalue weighted by atomic mass is 35.5. The number of piperidine rings is 1. The molecule has 4 rings (SSSR count). The van der Waals surface area contributed by atoms with Gasteiger partial charge < -0.3 is 25.8 Å². The molecule has 0 aromatic heterocycles. The van der Waals surface area contributed by atoms with E-state index in [4.69, 9.17) is 22.1 Å². The highest BCUT2D eigenvalue weighted by Gasteiger charge is 2.43. The van der Waals surface area contributed by atoms with Gasteiger partial charge in [-0.15, -0.1) is 0 Å². The maximum Gasteiger partial charge on any atom is 0.406 e. The van der Waals surface area contributed by atoms with E-state index >= 15 is 0 Å². The van der Waals surface area contributed by atoms with E-state index in [2.05, 4.69) is 11.4 Å². The summed E-state index contributed by atoms with van der Waals surface area (Å²) in [6.07, 6.45) is 1.88. The molecule has 1 heterocycles. The van der Waals surface area contributed by atoms with Gasteiger partial charge in [-0.25, -0.2) is 4.79 Å². The van der Waals surface area contributed by atoms with Crippen LogP contribution in [0.15, 0.2) is 66.7 Å². The zero-order valence-electron chi connectivity index (χ0n) is 23.2. The average molecular weight is 564 g/mol. The van der Waals surface area contributed by atoms with E-state index in [-0.39, 0.29) is 11.8 Å². The molecule has 1 saturated heterocycles. The van der Waals surface area contributed by atoms with Crippen LogP contribution < -0.4 is 11.1 Å². The zero-order chi connectivity index (χ0) is 28.7. The number of nitrogens with one attached hydrogen (secondary N) is 1. The molecular weight excluding hydrogens is 526 g/mol. The third-order valence-corrected chi connectivity index (χ3v) is 8.11. The van der Waals surface area contributed by atoms with Gasteiger partial charge >= 0.3 is 6.09 Å². The van der Waals surface area contributed by atoms with Gasteiger partial charge in [-0.1, -0.05) is 65.7 Å². The lowest BCUT2D eigenvalue weighted by molar-refractivity contribution is -0.0563. The van der Waals surface area contributed by atoms with Gasteiger partial charge in [0, 0.05) is 48.2 Å². The van der Waals surface area contributed by atoms with Crippen LogP contribution in [0.2, 0.25) is 5.02 Å². The molecule has 2 atom stereocenters. The number of nitrogens with two attached hydrogens (primary N) is 1. The maximum absolute atomic E-state index is 13.5. The van der Waals surface area contributed by atoms with Gasteiger partial charge in [-0.3, -0.25) is 4.79 Å².